The Bertz CT molecular complexity index is 858. The second kappa shape index (κ2) is 6.64. The summed E-state index contributed by atoms with van der Waals surface area (Å²) >= 11 is 0. The lowest BCUT2D eigenvalue weighted by Gasteiger charge is -2.41. The lowest BCUT2D eigenvalue weighted by molar-refractivity contribution is -0.130. The zero-order valence-corrected chi connectivity index (χ0v) is 15.9. The van der Waals surface area contributed by atoms with Crippen LogP contribution in [0.3, 0.4) is 0 Å². The molecule has 1 radical (unpaired) electrons. The van der Waals surface area contributed by atoms with Crippen LogP contribution >= 0.6 is 0 Å². The fraction of sp³-hybridized carbons (Fsp3) is 0.381. The zero-order valence-electron chi connectivity index (χ0n) is 15.9. The summed E-state index contributed by atoms with van der Waals surface area (Å²) in [6, 6.07) is 9.92. The van der Waals surface area contributed by atoms with Crippen LogP contribution < -0.4 is 5.46 Å². The Balaban J connectivity index is 1.90. The number of carbonyl (C=O) groups is 1. The summed E-state index contributed by atoms with van der Waals surface area (Å²) in [5.41, 5.74) is 2.09. The Labute approximate surface area is 154 Å². The predicted octanol–water partition coefficient (Wildman–Crippen LogP) is 3.89. The molecule has 2 aromatic rings. The third-order valence-electron chi connectivity index (χ3n) is 5.28. The number of rotatable bonds is 6. The number of hydrogen-bond acceptors (Lipinski definition) is 3. The van der Waals surface area contributed by atoms with Crippen LogP contribution in [0.25, 0.3) is 11.1 Å². The zero-order chi connectivity index (χ0) is 19.1. The second-order valence-corrected chi connectivity index (χ2v) is 7.48. The van der Waals surface area contributed by atoms with Crippen molar-refractivity contribution in [2.45, 2.75) is 45.8 Å². The summed E-state index contributed by atoms with van der Waals surface area (Å²) in [6.45, 7) is 10.4. The quantitative estimate of drug-likeness (QED) is 0.631. The van der Waals surface area contributed by atoms with Crippen molar-refractivity contribution < 1.29 is 18.6 Å². The minimum Gasteiger partial charge on any atom is -0.427 e. The topological polar surface area (TPSA) is 35.5 Å². The molecular weight excluding hydrogens is 330 g/mol. The van der Waals surface area contributed by atoms with Gasteiger partial charge in [-0.25, -0.2) is 4.39 Å². The standard InChI is InChI=1S/C21H23BFO3/c1-6-25-20(2,3)21(4,5)26-22-17-9-7-8-15-14-11-10-13(23)12-16(14)19(24)18(15)17/h7-12H,6H2,1-5H3. The van der Waals surface area contributed by atoms with Crippen LogP contribution in [0.5, 0.6) is 0 Å². The van der Waals surface area contributed by atoms with Crippen molar-refractivity contribution >= 4 is 18.7 Å². The Morgan fingerprint density at radius 3 is 2.42 bits per heavy atom. The molecule has 0 spiro atoms. The van der Waals surface area contributed by atoms with E-state index in [9.17, 15) is 9.18 Å². The van der Waals surface area contributed by atoms with Gasteiger partial charge in [-0.15, -0.1) is 0 Å². The average molecular weight is 353 g/mol. The molecule has 0 amide bonds. The maximum absolute atomic E-state index is 13.6. The summed E-state index contributed by atoms with van der Waals surface area (Å²) in [4.78, 5) is 12.8. The largest absolute Gasteiger partial charge is 0.427 e. The fourth-order valence-electron chi connectivity index (χ4n) is 3.11. The first-order valence-electron chi connectivity index (χ1n) is 8.80. The molecule has 1 aliphatic rings. The van der Waals surface area contributed by atoms with E-state index in [4.69, 9.17) is 9.39 Å². The van der Waals surface area contributed by atoms with E-state index in [1.807, 2.05) is 52.8 Å². The molecule has 0 saturated heterocycles. The van der Waals surface area contributed by atoms with Crippen LogP contribution in [-0.4, -0.2) is 31.1 Å². The highest BCUT2D eigenvalue weighted by Crippen LogP contribution is 2.36. The molecule has 135 valence electrons. The first-order chi connectivity index (χ1) is 12.2. The van der Waals surface area contributed by atoms with Gasteiger partial charge in [0.25, 0.3) is 0 Å². The van der Waals surface area contributed by atoms with Crippen LogP contribution in [0.15, 0.2) is 36.4 Å². The molecule has 26 heavy (non-hydrogen) atoms. The third-order valence-corrected chi connectivity index (χ3v) is 5.28. The highest BCUT2D eigenvalue weighted by molar-refractivity contribution is 6.51. The summed E-state index contributed by atoms with van der Waals surface area (Å²) in [7, 11) is 1.61. The summed E-state index contributed by atoms with van der Waals surface area (Å²) < 4.78 is 25.4. The Morgan fingerprint density at radius 1 is 1.00 bits per heavy atom. The summed E-state index contributed by atoms with van der Waals surface area (Å²) in [5.74, 6) is -0.585. The van der Waals surface area contributed by atoms with Crippen molar-refractivity contribution in [1.29, 1.82) is 0 Å². The van der Waals surface area contributed by atoms with Crippen LogP contribution in [0, 0.1) is 5.82 Å². The van der Waals surface area contributed by atoms with Crippen molar-refractivity contribution in [2.75, 3.05) is 6.61 Å². The lowest BCUT2D eigenvalue weighted by Crippen LogP contribution is -2.51. The Hall–Kier alpha value is -1.98. The molecule has 5 heteroatoms. The number of ketones is 1. The number of benzene rings is 2. The first kappa shape index (κ1) is 18.8. The van der Waals surface area contributed by atoms with Gasteiger partial charge in [-0.1, -0.05) is 24.3 Å². The molecule has 0 aromatic heterocycles. The van der Waals surface area contributed by atoms with Gasteiger partial charge in [0.1, 0.15) is 5.82 Å². The maximum atomic E-state index is 13.6. The van der Waals surface area contributed by atoms with Crippen LogP contribution in [-0.2, 0) is 9.39 Å². The lowest BCUT2D eigenvalue weighted by atomic mass is 9.79. The van der Waals surface area contributed by atoms with Crippen LogP contribution in [0.2, 0.25) is 0 Å². The van der Waals surface area contributed by atoms with E-state index in [2.05, 4.69) is 0 Å². The van der Waals surface area contributed by atoms with Gasteiger partial charge in [0, 0.05) is 17.7 Å². The Morgan fingerprint density at radius 2 is 1.73 bits per heavy atom. The van der Waals surface area contributed by atoms with Crippen molar-refractivity contribution in [3.63, 3.8) is 0 Å². The van der Waals surface area contributed by atoms with Crippen molar-refractivity contribution in [3.8, 4) is 11.1 Å². The molecule has 0 unspecified atom stereocenters. The molecule has 0 aliphatic heterocycles. The molecule has 0 N–H and O–H groups in total. The minimum absolute atomic E-state index is 0.174. The van der Waals surface area contributed by atoms with E-state index in [0.717, 1.165) is 11.1 Å². The van der Waals surface area contributed by atoms with Gasteiger partial charge in [-0.3, -0.25) is 4.79 Å². The van der Waals surface area contributed by atoms with E-state index in [-0.39, 0.29) is 5.78 Å². The molecule has 0 heterocycles. The third kappa shape index (κ3) is 3.10. The van der Waals surface area contributed by atoms with Gasteiger partial charge in [0.05, 0.1) is 11.2 Å². The molecule has 3 rings (SSSR count). The number of ether oxygens (including phenoxy) is 1. The molecule has 0 saturated carbocycles. The highest BCUT2D eigenvalue weighted by Gasteiger charge is 2.39. The number of carbonyl (C=O) groups excluding carboxylic acids is 1. The van der Waals surface area contributed by atoms with Crippen LogP contribution in [0.1, 0.15) is 50.5 Å². The minimum atomic E-state index is -0.605. The van der Waals surface area contributed by atoms with E-state index >= 15 is 0 Å². The van der Waals surface area contributed by atoms with Gasteiger partial charge in [0.2, 0.25) is 0 Å². The van der Waals surface area contributed by atoms with Gasteiger partial charge in [-0.2, -0.15) is 0 Å². The molecule has 0 fully saturated rings. The number of hydrogen-bond donors (Lipinski definition) is 0. The molecule has 2 aromatic carbocycles. The second-order valence-electron chi connectivity index (χ2n) is 7.48. The Kier molecular flexibility index (Phi) is 4.80. The summed E-state index contributed by atoms with van der Waals surface area (Å²) in [5, 5.41) is 0. The summed E-state index contributed by atoms with van der Waals surface area (Å²) in [6.07, 6.45) is 0. The van der Waals surface area contributed by atoms with Crippen LogP contribution in [0.4, 0.5) is 4.39 Å². The number of halogens is 1. The predicted molar refractivity (Wildman–Crippen MR) is 102 cm³/mol. The van der Waals surface area contributed by atoms with Gasteiger partial charge < -0.3 is 9.39 Å². The maximum Gasteiger partial charge on any atom is 0.331 e. The van der Waals surface area contributed by atoms with Crippen molar-refractivity contribution in [1.82, 2.24) is 0 Å². The monoisotopic (exact) mass is 353 g/mol. The van der Waals surface area contributed by atoms with Crippen molar-refractivity contribution in [2.24, 2.45) is 0 Å². The smallest absolute Gasteiger partial charge is 0.331 e. The van der Waals surface area contributed by atoms with Gasteiger partial charge in [-0.05, 0) is 63.3 Å². The van der Waals surface area contributed by atoms with Crippen molar-refractivity contribution in [3.05, 3.63) is 53.3 Å². The number of fused-ring (bicyclic) bond motifs is 3. The average Bonchev–Trinajstić information content (AvgIpc) is 2.86. The van der Waals surface area contributed by atoms with E-state index in [1.54, 1.807) is 13.5 Å². The van der Waals surface area contributed by atoms with E-state index in [1.165, 1.54) is 12.1 Å². The highest BCUT2D eigenvalue weighted by atomic mass is 19.1. The van der Waals surface area contributed by atoms with Gasteiger partial charge >= 0.3 is 7.48 Å². The normalized spacial score (nSPS) is 13.5. The molecule has 1 aliphatic carbocycles. The first-order valence-corrected chi connectivity index (χ1v) is 8.80. The van der Waals surface area contributed by atoms with E-state index in [0.29, 0.717) is 23.2 Å². The molecule has 0 atom stereocenters. The van der Waals surface area contributed by atoms with Gasteiger partial charge in [0.15, 0.2) is 5.78 Å². The molecule has 3 nitrogen and oxygen atoms in total. The molecular formula is C21H23BFO3. The van der Waals surface area contributed by atoms with E-state index < -0.39 is 17.0 Å². The SMILES string of the molecule is CCOC(C)(C)C(C)(C)O[B]c1cccc2c1C(=O)c1cc(F)ccc1-2. The molecule has 0 bridgehead atoms. The fourth-order valence-corrected chi connectivity index (χ4v) is 3.11.